The Morgan fingerprint density at radius 2 is 0.884 bits per heavy atom. The fraction of sp³-hybridized carbons (Fsp3) is 0.380. The van der Waals surface area contributed by atoms with Gasteiger partial charge in [0.25, 0.3) is 0 Å². The molecule has 370 valence electrons. The molecule has 0 bridgehead atoms. The van der Waals surface area contributed by atoms with Gasteiger partial charge < -0.3 is 58.1 Å². The molecule has 4 rings (SSSR count). The van der Waals surface area contributed by atoms with Gasteiger partial charge in [-0.3, -0.25) is 28.8 Å². The van der Waals surface area contributed by atoms with Crippen molar-refractivity contribution in [2.75, 3.05) is 12.0 Å². The van der Waals surface area contributed by atoms with Crippen LogP contribution in [-0.4, -0.2) is 116 Å². The summed E-state index contributed by atoms with van der Waals surface area (Å²) in [6.07, 6.45) is 2.28. The van der Waals surface area contributed by atoms with Crippen molar-refractivity contribution in [1.82, 2.24) is 31.9 Å². The van der Waals surface area contributed by atoms with Crippen molar-refractivity contribution < 1.29 is 54.0 Å². The Morgan fingerprint density at radius 1 is 0.507 bits per heavy atom. The lowest BCUT2D eigenvalue weighted by atomic mass is 9.96. The van der Waals surface area contributed by atoms with E-state index in [1.54, 1.807) is 49.4 Å². The van der Waals surface area contributed by atoms with Gasteiger partial charge in [-0.25, -0.2) is 4.79 Å². The molecule has 4 aromatic carbocycles. The molecule has 0 aromatic heterocycles. The zero-order chi connectivity index (χ0) is 50.6. The van der Waals surface area contributed by atoms with Crippen LogP contribution in [0, 0.1) is 5.92 Å². The number of amides is 6. The zero-order valence-corrected chi connectivity index (χ0v) is 39.8. The van der Waals surface area contributed by atoms with Gasteiger partial charge in [0.1, 0.15) is 53.5 Å². The molecule has 0 radical (unpaired) electrons. The molecule has 8 atom stereocenters. The molecule has 69 heavy (non-hydrogen) atoms. The lowest BCUT2D eigenvalue weighted by molar-refractivity contribution is -0.142. The first-order chi connectivity index (χ1) is 32.9. The molecule has 0 aliphatic heterocycles. The number of aromatic hydroxyl groups is 3. The number of carbonyl (C=O) groups is 7. The van der Waals surface area contributed by atoms with Crippen LogP contribution in [0.15, 0.2) is 103 Å². The van der Waals surface area contributed by atoms with Crippen LogP contribution >= 0.6 is 11.8 Å². The zero-order valence-electron chi connectivity index (χ0n) is 39.0. The summed E-state index contributed by atoms with van der Waals surface area (Å²) < 4.78 is 0. The monoisotopic (exact) mass is 969 g/mol. The van der Waals surface area contributed by atoms with Crippen molar-refractivity contribution in [3.05, 3.63) is 125 Å². The van der Waals surface area contributed by atoms with Gasteiger partial charge in [0.05, 0.1) is 6.04 Å². The van der Waals surface area contributed by atoms with E-state index in [-0.39, 0.29) is 48.8 Å². The number of phenols is 3. The van der Waals surface area contributed by atoms with E-state index in [2.05, 4.69) is 31.9 Å². The molecule has 19 heteroatoms. The second-order valence-electron chi connectivity index (χ2n) is 16.9. The van der Waals surface area contributed by atoms with Crippen molar-refractivity contribution in [3.63, 3.8) is 0 Å². The molecule has 4 aromatic rings. The first kappa shape index (κ1) is 54.5. The molecule has 0 spiro atoms. The summed E-state index contributed by atoms with van der Waals surface area (Å²) >= 11 is 1.52. The number of carboxylic acids is 1. The normalized spacial score (nSPS) is 14.5. The number of nitrogens with one attached hydrogen (secondary N) is 6. The minimum atomic E-state index is -1.41. The topological polar surface area (TPSA) is 299 Å². The summed E-state index contributed by atoms with van der Waals surface area (Å²) in [4.78, 5) is 95.8. The van der Waals surface area contributed by atoms with Crippen LogP contribution in [0.4, 0.5) is 0 Å². The predicted molar refractivity (Wildman–Crippen MR) is 261 cm³/mol. The molecule has 6 amide bonds. The lowest BCUT2D eigenvalue weighted by Crippen LogP contribution is -2.60. The van der Waals surface area contributed by atoms with E-state index >= 15 is 0 Å². The van der Waals surface area contributed by atoms with Crippen LogP contribution in [-0.2, 0) is 59.2 Å². The molecule has 0 saturated heterocycles. The summed E-state index contributed by atoms with van der Waals surface area (Å²) in [6.45, 7) is 4.97. The Hall–Kier alpha value is -7.12. The highest BCUT2D eigenvalue weighted by molar-refractivity contribution is 7.98. The molecular weight excluding hydrogens is 907 g/mol. The van der Waals surface area contributed by atoms with Crippen LogP contribution in [0.25, 0.3) is 0 Å². The third-order valence-corrected chi connectivity index (χ3v) is 12.1. The molecular formula is C50H63N7O11S. The Balaban J connectivity index is 1.59. The average Bonchev–Trinajstić information content (AvgIpc) is 3.33. The molecule has 12 N–H and O–H groups in total. The predicted octanol–water partition coefficient (Wildman–Crippen LogP) is 2.21. The first-order valence-electron chi connectivity index (χ1n) is 22.5. The number of thioether (sulfide) groups is 1. The maximum Gasteiger partial charge on any atom is 0.326 e. The number of carbonyl (C=O) groups excluding carboxylic acids is 6. The van der Waals surface area contributed by atoms with Crippen LogP contribution in [0.3, 0.4) is 0 Å². The van der Waals surface area contributed by atoms with E-state index in [0.29, 0.717) is 40.8 Å². The smallest absolute Gasteiger partial charge is 0.326 e. The van der Waals surface area contributed by atoms with Gasteiger partial charge >= 0.3 is 5.97 Å². The van der Waals surface area contributed by atoms with Crippen LogP contribution in [0.2, 0.25) is 0 Å². The number of carboxylic acid groups (broad SMARTS) is 1. The van der Waals surface area contributed by atoms with Crippen LogP contribution in [0.1, 0.15) is 55.9 Å². The van der Waals surface area contributed by atoms with Gasteiger partial charge in [0, 0.05) is 25.7 Å². The average molecular weight is 970 g/mol. The van der Waals surface area contributed by atoms with Gasteiger partial charge in [-0.1, -0.05) is 87.0 Å². The summed E-state index contributed by atoms with van der Waals surface area (Å²) in [5, 5.41) is 55.8. The van der Waals surface area contributed by atoms with Crippen molar-refractivity contribution in [2.45, 2.75) is 102 Å². The van der Waals surface area contributed by atoms with Crippen molar-refractivity contribution in [2.24, 2.45) is 11.7 Å². The second-order valence-corrected chi connectivity index (χ2v) is 17.9. The SMILES string of the molecule is CC[C@H](C)[C@H](NC(=O)[C@@H](N)CCSC)C(=O)N[C@@H](Cc1ccc(O)cc1)C(=O)N[C@@H](C)C(=O)N[C@@H](Cc1ccc(O)cc1)C(=O)N[C@@H](Cc1ccc(O)cc1)C(=O)N[C@@H](Cc1ccccc1)C(=O)O. The Morgan fingerprint density at radius 3 is 1.30 bits per heavy atom. The Bertz CT molecular complexity index is 2340. The molecule has 0 heterocycles. The van der Waals surface area contributed by atoms with Gasteiger partial charge in [-0.15, -0.1) is 0 Å². The number of hydrogen-bond acceptors (Lipinski definition) is 12. The second kappa shape index (κ2) is 27.0. The van der Waals surface area contributed by atoms with E-state index in [0.717, 1.165) is 0 Å². The van der Waals surface area contributed by atoms with E-state index < -0.39 is 83.7 Å². The highest BCUT2D eigenvalue weighted by Crippen LogP contribution is 2.17. The quantitative estimate of drug-likeness (QED) is 0.0431. The maximum absolute atomic E-state index is 14.3. The van der Waals surface area contributed by atoms with Gasteiger partial charge in [0.15, 0.2) is 0 Å². The summed E-state index contributed by atoms with van der Waals surface area (Å²) in [5.74, 6) is -5.73. The number of nitrogens with two attached hydrogens (primary N) is 1. The number of aliphatic carboxylic acids is 1. The van der Waals surface area contributed by atoms with Crippen LogP contribution < -0.4 is 37.6 Å². The van der Waals surface area contributed by atoms with Gasteiger partial charge in [-0.2, -0.15) is 11.8 Å². The third kappa shape index (κ3) is 17.8. The molecule has 0 aliphatic rings. The fourth-order valence-electron chi connectivity index (χ4n) is 7.10. The number of benzene rings is 4. The molecule has 0 saturated carbocycles. The summed E-state index contributed by atoms with van der Waals surface area (Å²) in [7, 11) is 0. The largest absolute Gasteiger partial charge is 0.508 e. The van der Waals surface area contributed by atoms with Crippen molar-refractivity contribution >= 4 is 53.2 Å². The summed E-state index contributed by atoms with van der Waals surface area (Å²) in [6, 6.07) is 17.5. The standard InChI is InChI=1S/C50H63N7O11S/c1-5-29(2)43(57-45(62)38(51)23-24-69-4)49(66)55-39(25-32-11-17-35(58)18-12-32)46(63)52-30(3)44(61)53-40(26-33-13-19-36(59)20-14-33)47(64)54-41(27-34-15-21-37(60)22-16-34)48(65)56-42(50(67)68)28-31-9-7-6-8-10-31/h6-22,29-30,38-43,58-60H,5,23-28,51H2,1-4H3,(H,52,63)(H,53,61)(H,54,64)(H,55,66)(H,56,65)(H,57,62)(H,67,68)/t29-,30-,38-,39-,40-,41-,42-,43-/m0/s1. The number of hydrogen-bond donors (Lipinski definition) is 11. The van der Waals surface area contributed by atoms with Crippen LogP contribution in [0.5, 0.6) is 17.2 Å². The molecule has 18 nitrogen and oxygen atoms in total. The number of phenolic OH excluding ortho intramolecular Hbond substituents is 3. The molecule has 0 fully saturated rings. The minimum Gasteiger partial charge on any atom is -0.508 e. The lowest BCUT2D eigenvalue weighted by Gasteiger charge is -2.28. The third-order valence-electron chi connectivity index (χ3n) is 11.4. The Labute approximate surface area is 405 Å². The van der Waals surface area contributed by atoms with Gasteiger partial charge in [-0.05, 0) is 89.9 Å². The van der Waals surface area contributed by atoms with Crippen molar-refractivity contribution in [3.8, 4) is 17.2 Å². The summed E-state index contributed by atoms with van der Waals surface area (Å²) in [5.41, 5.74) is 8.27. The van der Waals surface area contributed by atoms with E-state index in [4.69, 9.17) is 5.73 Å². The van der Waals surface area contributed by atoms with E-state index in [1.807, 2.05) is 13.2 Å². The highest BCUT2D eigenvalue weighted by Gasteiger charge is 2.34. The van der Waals surface area contributed by atoms with Crippen molar-refractivity contribution in [1.29, 1.82) is 0 Å². The first-order valence-corrected chi connectivity index (χ1v) is 23.9. The Kier molecular flexibility index (Phi) is 21.3. The van der Waals surface area contributed by atoms with Gasteiger partial charge in [0.2, 0.25) is 35.4 Å². The maximum atomic E-state index is 14.3. The molecule has 0 unspecified atom stereocenters. The minimum absolute atomic E-state index is 0.0304. The molecule has 0 aliphatic carbocycles. The van der Waals surface area contributed by atoms with E-state index in [1.165, 1.54) is 79.3 Å². The number of rotatable bonds is 26. The van der Waals surface area contributed by atoms with E-state index in [9.17, 15) is 54.0 Å². The highest BCUT2D eigenvalue weighted by atomic mass is 32.2. The fourth-order valence-corrected chi connectivity index (χ4v) is 7.59.